The molecular weight excluding hydrogens is 572 g/mol. The molecule has 5 heteroatoms. The van der Waals surface area contributed by atoms with Gasteiger partial charge < -0.3 is 14.6 Å². The molecule has 0 radical (unpaired) electrons. The Balaban J connectivity index is 1.32. The Morgan fingerprint density at radius 2 is 0.870 bits per heavy atom. The molecule has 0 amide bonds. The number of aliphatic hydroxyl groups is 1. The molecule has 2 fully saturated rings. The molecule has 2 rings (SSSR count). The maximum absolute atomic E-state index is 12.2. The van der Waals surface area contributed by atoms with E-state index in [-0.39, 0.29) is 25.2 Å². The molecule has 0 unspecified atom stereocenters. The largest absolute Gasteiger partial charge is 0.462 e. The van der Waals surface area contributed by atoms with Crippen LogP contribution in [0.1, 0.15) is 206 Å². The quantitative estimate of drug-likeness (QED) is 0.0555. The Kier molecular flexibility index (Phi) is 24.8. The van der Waals surface area contributed by atoms with Crippen LogP contribution in [0.3, 0.4) is 0 Å². The molecule has 0 aromatic rings. The predicted octanol–water partition coefficient (Wildman–Crippen LogP) is 11.7. The third-order valence-corrected chi connectivity index (χ3v) is 10.8. The minimum Gasteiger partial charge on any atom is -0.462 e. The van der Waals surface area contributed by atoms with Gasteiger partial charge in [-0.1, -0.05) is 168 Å². The Labute approximate surface area is 285 Å². The van der Waals surface area contributed by atoms with Gasteiger partial charge in [0.05, 0.1) is 6.61 Å². The molecule has 0 aromatic carbocycles. The molecule has 46 heavy (non-hydrogen) atoms. The van der Waals surface area contributed by atoms with Crippen molar-refractivity contribution < 1.29 is 24.2 Å². The first-order valence-electron chi connectivity index (χ1n) is 20.5. The van der Waals surface area contributed by atoms with Crippen LogP contribution < -0.4 is 0 Å². The van der Waals surface area contributed by atoms with Crippen molar-refractivity contribution in [1.29, 1.82) is 0 Å². The van der Waals surface area contributed by atoms with E-state index in [1.54, 1.807) is 0 Å². The average Bonchev–Trinajstić information content (AvgIpc) is 3.98. The van der Waals surface area contributed by atoms with Crippen LogP contribution in [0.15, 0.2) is 0 Å². The van der Waals surface area contributed by atoms with E-state index in [0.717, 1.165) is 49.4 Å². The minimum absolute atomic E-state index is 0.0522. The maximum Gasteiger partial charge on any atom is 0.306 e. The highest BCUT2D eigenvalue weighted by Gasteiger charge is 2.35. The van der Waals surface area contributed by atoms with Gasteiger partial charge in [0.1, 0.15) is 6.61 Å². The monoisotopic (exact) mass is 649 g/mol. The van der Waals surface area contributed by atoms with Crippen LogP contribution in [0.5, 0.6) is 0 Å². The molecule has 0 bridgehead atoms. The molecule has 2 saturated carbocycles. The summed E-state index contributed by atoms with van der Waals surface area (Å²) in [4.78, 5) is 24.4. The Morgan fingerprint density at radius 3 is 1.26 bits per heavy atom. The summed E-state index contributed by atoms with van der Waals surface area (Å²) in [6.45, 7) is 4.19. The minimum atomic E-state index is -0.758. The molecule has 2 aliphatic carbocycles. The van der Waals surface area contributed by atoms with Gasteiger partial charge in [0.2, 0.25) is 0 Å². The van der Waals surface area contributed by atoms with Crippen LogP contribution >= 0.6 is 0 Å². The fourth-order valence-electron chi connectivity index (χ4n) is 7.45. The van der Waals surface area contributed by atoms with Crippen molar-refractivity contribution in [2.45, 2.75) is 213 Å². The molecule has 1 N–H and O–H groups in total. The molecule has 5 nitrogen and oxygen atoms in total. The van der Waals surface area contributed by atoms with E-state index in [2.05, 4.69) is 13.8 Å². The summed E-state index contributed by atoms with van der Waals surface area (Å²) >= 11 is 0. The lowest BCUT2D eigenvalue weighted by molar-refractivity contribution is -0.161. The molecule has 5 atom stereocenters. The van der Waals surface area contributed by atoms with Gasteiger partial charge in [-0.15, -0.1) is 0 Å². The Morgan fingerprint density at radius 1 is 0.522 bits per heavy atom. The predicted molar refractivity (Wildman–Crippen MR) is 192 cm³/mol. The zero-order valence-electron chi connectivity index (χ0n) is 30.6. The second-order valence-electron chi connectivity index (χ2n) is 15.2. The summed E-state index contributed by atoms with van der Waals surface area (Å²) in [5.74, 6) is 3.45. The van der Waals surface area contributed by atoms with Gasteiger partial charge >= 0.3 is 11.9 Å². The SMILES string of the molecule is CCCCCCCC[C@H]1C[C@H]1CCCCCCCC(=O)OC[C@H](CO)OC(=O)CCCCCCC[C@@H]1C[C@@H]1CCCCCCCC. The van der Waals surface area contributed by atoms with Crippen LogP contribution in [0, 0.1) is 23.7 Å². The van der Waals surface area contributed by atoms with Crippen molar-refractivity contribution in [3.05, 3.63) is 0 Å². The number of carbonyl (C=O) groups excluding carboxylic acids is 2. The number of hydrogen-bond donors (Lipinski definition) is 1. The fourth-order valence-corrected chi connectivity index (χ4v) is 7.45. The van der Waals surface area contributed by atoms with Crippen molar-refractivity contribution in [2.75, 3.05) is 13.2 Å². The topological polar surface area (TPSA) is 72.8 Å². The van der Waals surface area contributed by atoms with E-state index in [1.807, 2.05) is 0 Å². The highest BCUT2D eigenvalue weighted by molar-refractivity contribution is 5.70. The molecule has 0 saturated heterocycles. The van der Waals surface area contributed by atoms with Crippen LogP contribution in [0.2, 0.25) is 0 Å². The lowest BCUT2D eigenvalue weighted by Gasteiger charge is -2.15. The van der Waals surface area contributed by atoms with Crippen molar-refractivity contribution in [1.82, 2.24) is 0 Å². The van der Waals surface area contributed by atoms with Crippen molar-refractivity contribution >= 4 is 11.9 Å². The first-order chi connectivity index (χ1) is 22.6. The van der Waals surface area contributed by atoms with Crippen molar-refractivity contribution in [3.8, 4) is 0 Å². The van der Waals surface area contributed by atoms with Crippen LogP contribution in [0.4, 0.5) is 0 Å². The van der Waals surface area contributed by atoms with Crippen LogP contribution in [0.25, 0.3) is 0 Å². The van der Waals surface area contributed by atoms with E-state index in [1.165, 1.54) is 154 Å². The highest BCUT2D eigenvalue weighted by atomic mass is 16.6. The van der Waals surface area contributed by atoms with Crippen molar-refractivity contribution in [3.63, 3.8) is 0 Å². The van der Waals surface area contributed by atoms with Gasteiger partial charge in [-0.05, 0) is 49.4 Å². The summed E-state index contributed by atoms with van der Waals surface area (Å²) in [6.07, 6.45) is 36.7. The molecule has 0 heterocycles. The third-order valence-electron chi connectivity index (χ3n) is 10.8. The Hall–Kier alpha value is -1.10. The van der Waals surface area contributed by atoms with E-state index in [0.29, 0.717) is 12.8 Å². The number of hydrogen-bond acceptors (Lipinski definition) is 5. The number of unbranched alkanes of at least 4 members (excludes halogenated alkanes) is 18. The first kappa shape index (κ1) is 41.1. The smallest absolute Gasteiger partial charge is 0.306 e. The van der Waals surface area contributed by atoms with E-state index < -0.39 is 6.10 Å². The average molecular weight is 649 g/mol. The lowest BCUT2D eigenvalue weighted by Crippen LogP contribution is -2.28. The fraction of sp³-hybridized carbons (Fsp3) is 0.951. The number of rotatable bonds is 34. The second kappa shape index (κ2) is 27.8. The molecular formula is C41H76O5. The van der Waals surface area contributed by atoms with Gasteiger partial charge in [0, 0.05) is 12.8 Å². The molecule has 0 aliphatic heterocycles. The Bertz CT molecular complexity index is 738. The number of ether oxygens (including phenoxy) is 2. The summed E-state index contributed by atoms with van der Waals surface area (Å²) in [5.41, 5.74) is 0. The summed E-state index contributed by atoms with van der Waals surface area (Å²) in [6, 6.07) is 0. The van der Waals surface area contributed by atoms with Gasteiger partial charge in [-0.2, -0.15) is 0 Å². The standard InChI is InChI=1S/C41H76O5/c1-3-5-7-9-13-19-25-35-31-37(35)27-21-15-11-17-23-29-40(43)45-34-39(33-42)46-41(44)30-24-18-12-16-22-28-38-32-36(38)26-20-14-10-8-6-4-2/h35-39,42H,3-34H2,1-2H3/t35-,36-,37+,38+,39-/m0/s1. The summed E-state index contributed by atoms with van der Waals surface area (Å²) < 4.78 is 10.7. The van der Waals surface area contributed by atoms with Crippen LogP contribution in [-0.4, -0.2) is 36.4 Å². The normalized spacial score (nSPS) is 20.8. The second-order valence-corrected chi connectivity index (χ2v) is 15.2. The lowest BCUT2D eigenvalue weighted by atomic mass is 10.0. The van der Waals surface area contributed by atoms with E-state index in [4.69, 9.17) is 9.47 Å². The molecule has 0 aromatic heterocycles. The summed E-state index contributed by atoms with van der Waals surface area (Å²) in [5, 5.41) is 9.59. The third kappa shape index (κ3) is 22.5. The van der Waals surface area contributed by atoms with E-state index >= 15 is 0 Å². The van der Waals surface area contributed by atoms with Gasteiger partial charge in [0.15, 0.2) is 6.10 Å². The first-order valence-corrected chi connectivity index (χ1v) is 20.5. The highest BCUT2D eigenvalue weighted by Crippen LogP contribution is 2.46. The number of carbonyl (C=O) groups is 2. The zero-order chi connectivity index (χ0) is 33.1. The van der Waals surface area contributed by atoms with Gasteiger partial charge in [-0.3, -0.25) is 9.59 Å². The molecule has 0 spiro atoms. The summed E-state index contributed by atoms with van der Waals surface area (Å²) in [7, 11) is 0. The number of esters is 2. The number of aliphatic hydroxyl groups excluding tert-OH is 1. The van der Waals surface area contributed by atoms with Gasteiger partial charge in [0.25, 0.3) is 0 Å². The van der Waals surface area contributed by atoms with Gasteiger partial charge in [-0.25, -0.2) is 0 Å². The van der Waals surface area contributed by atoms with E-state index in [9.17, 15) is 14.7 Å². The van der Waals surface area contributed by atoms with Crippen molar-refractivity contribution in [2.24, 2.45) is 23.7 Å². The van der Waals surface area contributed by atoms with Crippen LogP contribution in [-0.2, 0) is 19.1 Å². The molecule has 270 valence electrons. The molecule has 2 aliphatic rings. The maximum atomic E-state index is 12.2. The zero-order valence-corrected chi connectivity index (χ0v) is 30.6.